The van der Waals surface area contributed by atoms with Gasteiger partial charge in [0.15, 0.2) is 0 Å². The van der Waals surface area contributed by atoms with Crippen LogP contribution in [0.1, 0.15) is 41.7 Å². The van der Waals surface area contributed by atoms with Gasteiger partial charge in [-0.1, -0.05) is 0 Å². The summed E-state index contributed by atoms with van der Waals surface area (Å²) in [6.07, 6.45) is 3.02. The maximum Gasteiger partial charge on any atom is 0.343 e. The summed E-state index contributed by atoms with van der Waals surface area (Å²) in [6.45, 7) is 3.23. The number of nitrogens with zero attached hydrogens (tertiary/aromatic N) is 2. The molecule has 0 radical (unpaired) electrons. The Morgan fingerprint density at radius 2 is 2.17 bits per heavy atom. The highest BCUT2D eigenvalue weighted by atomic mass is 19.1. The largest absolute Gasteiger partial charge is 0.462 e. The molecule has 1 aliphatic carbocycles. The van der Waals surface area contributed by atoms with Crippen molar-refractivity contribution in [1.29, 1.82) is 0 Å². The van der Waals surface area contributed by atoms with Gasteiger partial charge in [-0.2, -0.15) is 4.39 Å². The lowest BCUT2D eigenvalue weighted by atomic mass is 10.0. The molecule has 1 fully saturated rings. The van der Waals surface area contributed by atoms with E-state index in [1.54, 1.807) is 18.4 Å². The third kappa shape index (κ3) is 2.44. The highest BCUT2D eigenvalue weighted by molar-refractivity contribution is 5.98. The van der Waals surface area contributed by atoms with Crippen LogP contribution in [0.15, 0.2) is 17.1 Å². The summed E-state index contributed by atoms with van der Waals surface area (Å²) < 4.78 is 20.6. The van der Waals surface area contributed by atoms with Gasteiger partial charge in [0.05, 0.1) is 17.0 Å². The highest BCUT2D eigenvalue weighted by Gasteiger charge is 2.32. The van der Waals surface area contributed by atoms with Crippen molar-refractivity contribution in [2.24, 2.45) is 0 Å². The molecule has 1 saturated carbocycles. The van der Waals surface area contributed by atoms with Gasteiger partial charge in [-0.3, -0.25) is 14.9 Å². The van der Waals surface area contributed by atoms with Crippen molar-refractivity contribution in [3.63, 3.8) is 0 Å². The zero-order valence-electron chi connectivity index (χ0n) is 13.2. The van der Waals surface area contributed by atoms with Gasteiger partial charge >= 0.3 is 11.7 Å². The van der Waals surface area contributed by atoms with Gasteiger partial charge in [-0.25, -0.2) is 4.79 Å². The average molecular weight is 334 g/mol. The minimum Gasteiger partial charge on any atom is -0.462 e. The summed E-state index contributed by atoms with van der Waals surface area (Å²) in [6, 6.07) is 1.08. The summed E-state index contributed by atoms with van der Waals surface area (Å²) in [4.78, 5) is 35.1. The molecule has 0 bridgehead atoms. The van der Waals surface area contributed by atoms with Crippen LogP contribution in [0.25, 0.3) is 10.9 Å². The highest BCUT2D eigenvalue weighted by Crippen LogP contribution is 2.39. The van der Waals surface area contributed by atoms with E-state index in [0.29, 0.717) is 11.1 Å². The number of rotatable bonds is 4. The first-order chi connectivity index (χ1) is 11.4. The van der Waals surface area contributed by atoms with Crippen LogP contribution in [-0.4, -0.2) is 22.1 Å². The van der Waals surface area contributed by atoms with Crippen LogP contribution in [0.3, 0.4) is 0 Å². The first-order valence-corrected chi connectivity index (χ1v) is 7.56. The molecule has 0 unspecified atom stereocenters. The Balaban J connectivity index is 2.48. The number of nitro groups is 1. The minimum atomic E-state index is -1.09. The summed E-state index contributed by atoms with van der Waals surface area (Å²) in [5.41, 5.74) is -1.39. The lowest BCUT2D eigenvalue weighted by molar-refractivity contribution is -0.385. The van der Waals surface area contributed by atoms with Crippen LogP contribution < -0.4 is 5.43 Å². The number of hydrogen-bond donors (Lipinski definition) is 0. The van der Waals surface area contributed by atoms with Crippen LogP contribution in [0.5, 0.6) is 0 Å². The van der Waals surface area contributed by atoms with Crippen molar-refractivity contribution in [3.8, 4) is 0 Å². The fourth-order valence-electron chi connectivity index (χ4n) is 2.87. The molecule has 126 valence electrons. The number of aryl methyl sites for hydroxylation is 1. The van der Waals surface area contributed by atoms with Gasteiger partial charge in [-0.15, -0.1) is 0 Å². The van der Waals surface area contributed by atoms with Crippen LogP contribution in [0, 0.1) is 22.9 Å². The molecule has 24 heavy (non-hydrogen) atoms. The first-order valence-electron chi connectivity index (χ1n) is 7.56. The van der Waals surface area contributed by atoms with Gasteiger partial charge in [0.25, 0.3) is 0 Å². The normalized spacial score (nSPS) is 14.0. The zero-order valence-corrected chi connectivity index (χ0v) is 13.2. The van der Waals surface area contributed by atoms with E-state index < -0.39 is 27.8 Å². The standard InChI is InChI=1S/C16H15FN2O5/c1-3-24-16(21)10-7-18(9-4-5-9)13-8(2)6-11(17)14(19(22)23)12(13)15(10)20/h6-7,9H,3-5H2,1-2H3. The molecular formula is C16H15FN2O5. The predicted octanol–water partition coefficient (Wildman–Crippen LogP) is 2.87. The molecule has 3 rings (SSSR count). The van der Waals surface area contributed by atoms with E-state index >= 15 is 0 Å². The second kappa shape index (κ2) is 5.70. The second-order valence-electron chi connectivity index (χ2n) is 5.74. The Kier molecular flexibility index (Phi) is 3.82. The van der Waals surface area contributed by atoms with Crippen molar-refractivity contribution in [2.45, 2.75) is 32.7 Å². The van der Waals surface area contributed by atoms with E-state index in [0.717, 1.165) is 18.9 Å². The maximum atomic E-state index is 14.1. The molecule has 0 spiro atoms. The van der Waals surface area contributed by atoms with E-state index in [1.165, 1.54) is 6.20 Å². The van der Waals surface area contributed by atoms with Crippen molar-refractivity contribution in [3.05, 3.63) is 49.5 Å². The number of halogens is 1. The second-order valence-corrected chi connectivity index (χ2v) is 5.74. The molecule has 1 heterocycles. The lowest BCUT2D eigenvalue weighted by Crippen LogP contribution is -2.22. The summed E-state index contributed by atoms with van der Waals surface area (Å²) in [5, 5.41) is 10.9. The monoisotopic (exact) mass is 334 g/mol. The van der Waals surface area contributed by atoms with E-state index in [2.05, 4.69) is 0 Å². The number of carbonyl (C=O) groups is 1. The molecule has 1 aromatic carbocycles. The van der Waals surface area contributed by atoms with Gasteiger partial charge < -0.3 is 9.30 Å². The maximum absolute atomic E-state index is 14.1. The Hall–Kier alpha value is -2.77. The van der Waals surface area contributed by atoms with Crippen LogP contribution in [0.4, 0.5) is 10.1 Å². The summed E-state index contributed by atoms with van der Waals surface area (Å²) >= 11 is 0. The molecular weight excluding hydrogens is 319 g/mol. The van der Waals surface area contributed by atoms with E-state index in [9.17, 15) is 24.1 Å². The number of hydrogen-bond acceptors (Lipinski definition) is 5. The Labute approximate surface area is 135 Å². The predicted molar refractivity (Wildman–Crippen MR) is 83.8 cm³/mol. The molecule has 8 heteroatoms. The molecule has 0 amide bonds. The number of fused-ring (bicyclic) bond motifs is 1. The Morgan fingerprint density at radius 1 is 1.50 bits per heavy atom. The first kappa shape index (κ1) is 16.1. The molecule has 0 N–H and O–H groups in total. The van der Waals surface area contributed by atoms with E-state index in [4.69, 9.17) is 4.74 Å². The van der Waals surface area contributed by atoms with Crippen molar-refractivity contribution in [2.75, 3.05) is 6.61 Å². The number of esters is 1. The molecule has 1 aliphatic rings. The number of ether oxygens (including phenoxy) is 1. The zero-order chi connectivity index (χ0) is 17.6. The topological polar surface area (TPSA) is 91.4 Å². The SMILES string of the molecule is CCOC(=O)c1cn(C2CC2)c2c(C)cc(F)c([N+](=O)[O-])c2c1=O. The Morgan fingerprint density at radius 3 is 2.71 bits per heavy atom. The average Bonchev–Trinajstić information content (AvgIpc) is 3.32. The van der Waals surface area contributed by atoms with E-state index in [1.807, 2.05) is 0 Å². The molecule has 0 saturated heterocycles. The molecule has 2 aromatic rings. The van der Waals surface area contributed by atoms with Gasteiger partial charge in [0, 0.05) is 12.2 Å². The van der Waals surface area contributed by atoms with Gasteiger partial charge in [0.2, 0.25) is 11.2 Å². The van der Waals surface area contributed by atoms with Crippen molar-refractivity contribution < 1.29 is 18.8 Å². The molecule has 0 aliphatic heterocycles. The fourth-order valence-corrected chi connectivity index (χ4v) is 2.87. The van der Waals surface area contributed by atoms with E-state index in [-0.39, 0.29) is 23.6 Å². The smallest absolute Gasteiger partial charge is 0.343 e. The van der Waals surface area contributed by atoms with Crippen LogP contribution in [-0.2, 0) is 4.74 Å². The number of aromatic nitrogens is 1. The third-order valence-corrected chi connectivity index (χ3v) is 4.03. The number of pyridine rings is 1. The van der Waals surface area contributed by atoms with Crippen molar-refractivity contribution >= 4 is 22.6 Å². The quantitative estimate of drug-likeness (QED) is 0.487. The van der Waals surface area contributed by atoms with Crippen molar-refractivity contribution in [1.82, 2.24) is 4.57 Å². The van der Waals surface area contributed by atoms with Crippen LogP contribution >= 0.6 is 0 Å². The number of nitro benzene ring substituents is 1. The summed E-state index contributed by atoms with van der Waals surface area (Å²) in [7, 11) is 0. The Bertz CT molecular complexity index is 930. The lowest BCUT2D eigenvalue weighted by Gasteiger charge is -2.14. The number of benzene rings is 1. The minimum absolute atomic E-state index is 0.0324. The van der Waals surface area contributed by atoms with Gasteiger partial charge in [0.1, 0.15) is 10.9 Å². The molecule has 7 nitrogen and oxygen atoms in total. The number of carbonyl (C=O) groups excluding carboxylic acids is 1. The molecule has 0 atom stereocenters. The fraction of sp³-hybridized carbons (Fsp3) is 0.375. The summed E-state index contributed by atoms with van der Waals surface area (Å²) in [5.74, 6) is -1.96. The van der Waals surface area contributed by atoms with Gasteiger partial charge in [-0.05, 0) is 38.3 Å². The third-order valence-electron chi connectivity index (χ3n) is 4.03. The van der Waals surface area contributed by atoms with Crippen LogP contribution in [0.2, 0.25) is 0 Å². The molecule has 1 aromatic heterocycles.